The van der Waals surface area contributed by atoms with Crippen molar-refractivity contribution in [2.75, 3.05) is 51.6 Å². The summed E-state index contributed by atoms with van der Waals surface area (Å²) in [4.78, 5) is 37.2. The Morgan fingerprint density at radius 3 is 0.424 bits per heavy atom. The second-order valence-electron chi connectivity index (χ2n) is 10.7. The van der Waals surface area contributed by atoms with E-state index in [4.69, 9.17) is 51.6 Å². The molecule has 0 bridgehead atoms. The number of hydrogen-bond acceptors (Lipinski definition) is 27. The number of nitrogen functional groups attached to an aromatic ring is 9. The number of rotatable bonds is 9. The van der Waals surface area contributed by atoms with Crippen molar-refractivity contribution in [3.8, 4) is 0 Å². The number of nitrogens with zero attached hydrogens (tertiary/aromatic N) is 9. The van der Waals surface area contributed by atoms with E-state index in [9.17, 15) is 0 Å². The molecular weight excluding hydrogens is 1190 g/mol. The van der Waals surface area contributed by atoms with Gasteiger partial charge in [-0.15, -0.1) is 0 Å². The molecule has 9 aromatic rings. The van der Waals surface area contributed by atoms with Gasteiger partial charge in [-0.2, -0.15) is 0 Å². The summed E-state index contributed by atoms with van der Waals surface area (Å²) < 4.78 is 10.2. The van der Waals surface area contributed by atoms with Gasteiger partial charge in [0.05, 0.1) is 55.8 Å². The fourth-order valence-electron chi connectivity index (χ4n) is 4.72. The first-order valence-electron chi connectivity index (χ1n) is 15.5. The minimum atomic E-state index is -1.19. The zero-order valence-electron chi connectivity index (χ0n) is 29.3. The Morgan fingerprint density at radius 1 is 0.254 bits per heavy atom. The Morgan fingerprint density at radius 2 is 0.356 bits per heavy atom. The Kier molecular flexibility index (Phi) is 17.1. The Bertz CT molecular complexity index is 2130. The summed E-state index contributed by atoms with van der Waals surface area (Å²) in [6, 6.07) is 0. The van der Waals surface area contributed by atoms with Gasteiger partial charge < -0.3 is 64.0 Å². The SMILES string of the molecule is Nc1ncc([PH+](c2cnc(N)s2)c2cnc(N)s2)s1.Nc1ncc([PH+](c2cnc(N)s2)c2cnc(N)s2)s1.Nc1ncc([PH+](c2cnc(N)s2)c2cnc(N)s2)s1.[Au+].[Cl-]. The van der Waals surface area contributed by atoms with Crippen LogP contribution in [0.25, 0.3) is 0 Å². The smallest absolute Gasteiger partial charge is 1.00 e. The van der Waals surface area contributed by atoms with E-state index in [-0.39, 0.29) is 34.8 Å². The van der Waals surface area contributed by atoms with Crippen LogP contribution in [-0.2, 0) is 22.4 Å². The summed E-state index contributed by atoms with van der Waals surface area (Å²) in [5.41, 5.74) is 51.6. The van der Waals surface area contributed by atoms with Crippen LogP contribution < -0.4 is 106 Å². The normalized spacial score (nSPS) is 10.8. The number of halogens is 1. The minimum Gasteiger partial charge on any atom is -1.00 e. The van der Waals surface area contributed by atoms with Crippen molar-refractivity contribution >= 4 is 214 Å². The molecule has 0 fully saturated rings. The summed E-state index contributed by atoms with van der Waals surface area (Å²) >= 11 is 13.4. The second-order valence-corrected chi connectivity index (χ2v) is 30.6. The third kappa shape index (κ3) is 12.0. The average Bonchev–Trinajstić information content (AvgIpc) is 4.00. The third-order valence-corrected chi connectivity index (χ3v) is 26.6. The minimum absolute atomic E-state index is 0. The second kappa shape index (κ2) is 21.3. The molecule has 9 heterocycles. The van der Waals surface area contributed by atoms with E-state index in [0.29, 0.717) is 46.2 Å². The van der Waals surface area contributed by atoms with Gasteiger partial charge in [0, 0.05) is 0 Å². The number of hydrogen-bond donors (Lipinski definition) is 9. The van der Waals surface area contributed by atoms with Crippen LogP contribution in [0.1, 0.15) is 0 Å². The topological polar surface area (TPSA) is 350 Å². The van der Waals surface area contributed by atoms with Crippen LogP contribution in [0.2, 0.25) is 0 Å². The van der Waals surface area contributed by atoms with Crippen LogP contribution in [0.15, 0.2) is 55.8 Å². The van der Waals surface area contributed by atoms with Crippen molar-refractivity contribution in [2.45, 2.75) is 0 Å². The standard InChI is InChI=1S/3C9H9N6PS3.Au.ClH/c3*10-7-13-1-4(17-7)16(5-2-14-8(11)18-5)6-3-15-9(12)19-6;;/h3*1-3H,(H2,10,13)(H2,11,14)(H2,12,15);;1H/q;;;+1;/p+2. The largest absolute Gasteiger partial charge is 1.00 e. The Hall–Kier alpha value is -2.81. The molecule has 0 spiro atoms. The zero-order valence-corrected chi connectivity index (χ0v) is 42.5. The molecule has 32 heteroatoms. The fraction of sp³-hybridized carbons (Fsp3) is 0. The first-order valence-corrected chi connectivity index (χ1v) is 27.3. The van der Waals surface area contributed by atoms with Gasteiger partial charge in [-0.3, -0.25) is 0 Å². The van der Waals surface area contributed by atoms with E-state index in [1.54, 1.807) is 0 Å². The summed E-state index contributed by atoms with van der Waals surface area (Å²) in [6.07, 6.45) is 16.4. The van der Waals surface area contributed by atoms with Crippen LogP contribution >= 0.6 is 126 Å². The van der Waals surface area contributed by atoms with Crippen molar-refractivity contribution < 1.29 is 34.8 Å². The molecule has 0 aliphatic heterocycles. The molecule has 59 heavy (non-hydrogen) atoms. The predicted octanol–water partition coefficient (Wildman–Crippen LogP) is -2.12. The van der Waals surface area contributed by atoms with Crippen LogP contribution in [0.3, 0.4) is 0 Å². The molecule has 0 aliphatic rings. The van der Waals surface area contributed by atoms with E-state index < -0.39 is 23.8 Å². The molecule has 0 atom stereocenters. The summed E-state index contributed by atoms with van der Waals surface area (Å²) in [5.74, 6) is 0. The van der Waals surface area contributed by atoms with Crippen molar-refractivity contribution in [1.82, 2.24) is 44.9 Å². The third-order valence-electron chi connectivity index (χ3n) is 6.93. The molecule has 0 aromatic carbocycles. The van der Waals surface area contributed by atoms with Crippen LogP contribution in [0.5, 0.6) is 0 Å². The maximum Gasteiger partial charge on any atom is 1.00 e. The molecule has 0 radical (unpaired) electrons. The molecule has 0 amide bonds. The molecule has 18 N–H and O–H groups in total. The van der Waals surface area contributed by atoms with Gasteiger partial charge in [-0.1, -0.05) is 102 Å². The van der Waals surface area contributed by atoms with E-state index in [1.165, 1.54) is 102 Å². The average molecular weight is 1220 g/mol. The summed E-state index contributed by atoms with van der Waals surface area (Å²) in [5, 5.41) is 5.06. The van der Waals surface area contributed by atoms with Crippen molar-refractivity contribution in [3.63, 3.8) is 0 Å². The molecule has 312 valence electrons. The number of nitrogens with two attached hydrogens (primary N) is 9. The Balaban J connectivity index is 0.000000165. The van der Waals surface area contributed by atoms with E-state index in [2.05, 4.69) is 44.9 Å². The maximum atomic E-state index is 5.73. The molecule has 0 aliphatic carbocycles. The number of aromatic nitrogens is 9. The van der Waals surface area contributed by atoms with E-state index >= 15 is 0 Å². The molecular formula is C27H30AuClN18P3S9+3. The number of anilines is 9. The van der Waals surface area contributed by atoms with Crippen LogP contribution in [0.4, 0.5) is 46.2 Å². The van der Waals surface area contributed by atoms with Crippen LogP contribution in [0, 0.1) is 0 Å². The van der Waals surface area contributed by atoms with Gasteiger partial charge in [0.1, 0.15) is 23.8 Å². The van der Waals surface area contributed by atoms with E-state index in [0.717, 1.165) is 41.6 Å². The molecule has 0 unspecified atom stereocenters. The number of thiazole rings is 9. The van der Waals surface area contributed by atoms with Gasteiger partial charge in [-0.25, -0.2) is 44.9 Å². The van der Waals surface area contributed by atoms with Crippen molar-refractivity contribution in [1.29, 1.82) is 0 Å². The quantitative estimate of drug-likeness (QED) is 0.0551. The zero-order chi connectivity index (χ0) is 40.2. The molecule has 9 rings (SSSR count). The summed E-state index contributed by atoms with van der Waals surface area (Å²) in [6.45, 7) is 0. The maximum absolute atomic E-state index is 5.73. The monoisotopic (exact) mass is 1220 g/mol. The van der Waals surface area contributed by atoms with Gasteiger partial charge in [0.15, 0.2) is 87.7 Å². The van der Waals surface area contributed by atoms with Gasteiger partial charge in [-0.05, 0) is 0 Å². The van der Waals surface area contributed by atoms with E-state index in [1.807, 2.05) is 55.8 Å². The molecule has 0 saturated carbocycles. The van der Waals surface area contributed by atoms with Gasteiger partial charge >= 0.3 is 22.4 Å². The fourth-order valence-corrected chi connectivity index (χ4v) is 26.8. The van der Waals surface area contributed by atoms with Gasteiger partial charge in [0.2, 0.25) is 0 Å². The first-order chi connectivity index (χ1) is 27.4. The van der Waals surface area contributed by atoms with Crippen molar-refractivity contribution in [2.24, 2.45) is 0 Å². The first kappa shape index (κ1) is 47.2. The van der Waals surface area contributed by atoms with Crippen LogP contribution in [-0.4, -0.2) is 44.9 Å². The van der Waals surface area contributed by atoms with Gasteiger partial charge in [0.25, 0.3) is 0 Å². The summed E-state index contributed by atoms with van der Waals surface area (Å²) in [7, 11) is -3.56. The van der Waals surface area contributed by atoms with Crippen molar-refractivity contribution in [3.05, 3.63) is 55.8 Å². The predicted molar refractivity (Wildman–Crippen MR) is 260 cm³/mol. The molecule has 0 saturated heterocycles. The molecule has 18 nitrogen and oxygen atoms in total. The molecule has 9 aromatic heterocycles. The Labute approximate surface area is 396 Å².